The van der Waals surface area contributed by atoms with E-state index in [2.05, 4.69) is 22.8 Å². The Bertz CT molecular complexity index is 669. The SMILES string of the molecule is Clc1cccc(C(C#Cc2ccccc2)N2CCOCC2)c1. The van der Waals surface area contributed by atoms with E-state index >= 15 is 0 Å². The van der Waals surface area contributed by atoms with E-state index in [1.165, 1.54) is 0 Å². The van der Waals surface area contributed by atoms with Crippen molar-refractivity contribution in [1.29, 1.82) is 0 Å². The third-order valence-corrected chi connectivity index (χ3v) is 3.94. The maximum atomic E-state index is 6.15. The lowest BCUT2D eigenvalue weighted by atomic mass is 10.0. The number of morpholine rings is 1. The van der Waals surface area contributed by atoms with Crippen LogP contribution in [-0.4, -0.2) is 31.2 Å². The fraction of sp³-hybridized carbons (Fsp3) is 0.263. The second kappa shape index (κ2) is 7.47. The van der Waals surface area contributed by atoms with Gasteiger partial charge in [0.2, 0.25) is 0 Å². The second-order valence-electron chi connectivity index (χ2n) is 5.24. The molecule has 112 valence electrons. The van der Waals surface area contributed by atoms with Crippen LogP contribution in [-0.2, 0) is 4.74 Å². The summed E-state index contributed by atoms with van der Waals surface area (Å²) in [6.45, 7) is 3.29. The van der Waals surface area contributed by atoms with Gasteiger partial charge in [-0.2, -0.15) is 0 Å². The molecule has 1 aliphatic heterocycles. The summed E-state index contributed by atoms with van der Waals surface area (Å²) in [6.07, 6.45) is 0. The summed E-state index contributed by atoms with van der Waals surface area (Å²) in [5, 5.41) is 0.747. The minimum atomic E-state index is 0.0443. The molecule has 3 heteroatoms. The van der Waals surface area contributed by atoms with E-state index < -0.39 is 0 Å². The Labute approximate surface area is 136 Å². The first-order valence-electron chi connectivity index (χ1n) is 7.47. The van der Waals surface area contributed by atoms with Crippen LogP contribution in [0, 0.1) is 11.8 Å². The number of benzene rings is 2. The quantitative estimate of drug-likeness (QED) is 0.783. The lowest BCUT2D eigenvalue weighted by Crippen LogP contribution is -2.38. The van der Waals surface area contributed by atoms with Crippen molar-refractivity contribution in [3.05, 3.63) is 70.7 Å². The molecule has 0 radical (unpaired) electrons. The first-order valence-corrected chi connectivity index (χ1v) is 7.84. The van der Waals surface area contributed by atoms with Crippen molar-refractivity contribution < 1.29 is 4.74 Å². The maximum Gasteiger partial charge on any atom is 0.0976 e. The van der Waals surface area contributed by atoms with Crippen molar-refractivity contribution in [1.82, 2.24) is 4.90 Å². The molecule has 0 spiro atoms. The monoisotopic (exact) mass is 311 g/mol. The molecular formula is C19H18ClNO. The van der Waals surface area contributed by atoms with Crippen LogP contribution in [0.1, 0.15) is 17.2 Å². The van der Waals surface area contributed by atoms with Crippen LogP contribution in [0.2, 0.25) is 5.02 Å². The fourth-order valence-electron chi connectivity index (χ4n) is 2.57. The number of ether oxygens (including phenoxy) is 1. The Kier molecular flexibility index (Phi) is 5.13. The number of hydrogen-bond donors (Lipinski definition) is 0. The molecule has 1 heterocycles. The van der Waals surface area contributed by atoms with Gasteiger partial charge in [0.1, 0.15) is 0 Å². The summed E-state index contributed by atoms with van der Waals surface area (Å²) in [4.78, 5) is 2.35. The Morgan fingerprint density at radius 2 is 1.77 bits per heavy atom. The average molecular weight is 312 g/mol. The zero-order valence-electron chi connectivity index (χ0n) is 12.3. The highest BCUT2D eigenvalue weighted by Gasteiger charge is 2.21. The minimum Gasteiger partial charge on any atom is -0.379 e. The van der Waals surface area contributed by atoms with E-state index in [0.717, 1.165) is 42.5 Å². The van der Waals surface area contributed by atoms with Crippen LogP contribution < -0.4 is 0 Å². The maximum absolute atomic E-state index is 6.15. The van der Waals surface area contributed by atoms with E-state index in [9.17, 15) is 0 Å². The third-order valence-electron chi connectivity index (χ3n) is 3.70. The van der Waals surface area contributed by atoms with Crippen LogP contribution in [0.3, 0.4) is 0 Å². The summed E-state index contributed by atoms with van der Waals surface area (Å²) < 4.78 is 5.46. The lowest BCUT2D eigenvalue weighted by Gasteiger charge is -2.31. The van der Waals surface area contributed by atoms with E-state index in [1.54, 1.807) is 0 Å². The average Bonchev–Trinajstić information content (AvgIpc) is 2.57. The molecule has 1 atom stereocenters. The van der Waals surface area contributed by atoms with Crippen molar-refractivity contribution in [2.75, 3.05) is 26.3 Å². The summed E-state index contributed by atoms with van der Waals surface area (Å²) in [6, 6.07) is 18.1. The molecule has 0 aliphatic carbocycles. The normalized spacial score (nSPS) is 16.6. The second-order valence-corrected chi connectivity index (χ2v) is 5.68. The Morgan fingerprint density at radius 1 is 1.00 bits per heavy atom. The van der Waals surface area contributed by atoms with Crippen LogP contribution >= 0.6 is 11.6 Å². The van der Waals surface area contributed by atoms with E-state index in [1.807, 2.05) is 48.5 Å². The standard InChI is InChI=1S/C19H18ClNO/c20-18-8-4-7-17(15-18)19(21-11-13-22-14-12-21)10-9-16-5-2-1-3-6-16/h1-8,15,19H,11-14H2. The molecule has 1 fully saturated rings. The zero-order chi connectivity index (χ0) is 15.2. The molecular weight excluding hydrogens is 294 g/mol. The van der Waals surface area contributed by atoms with E-state index in [0.29, 0.717) is 0 Å². The molecule has 2 nitrogen and oxygen atoms in total. The molecule has 0 saturated carbocycles. The minimum absolute atomic E-state index is 0.0443. The first-order chi connectivity index (χ1) is 10.8. The van der Waals surface area contributed by atoms with Gasteiger partial charge in [0.15, 0.2) is 0 Å². The molecule has 2 aromatic carbocycles. The van der Waals surface area contributed by atoms with Crippen molar-refractivity contribution in [3.8, 4) is 11.8 Å². The van der Waals surface area contributed by atoms with Crippen LogP contribution in [0.25, 0.3) is 0 Å². The molecule has 22 heavy (non-hydrogen) atoms. The number of rotatable bonds is 2. The van der Waals surface area contributed by atoms with Gasteiger partial charge in [0, 0.05) is 23.7 Å². The molecule has 2 aromatic rings. The molecule has 0 bridgehead atoms. The Balaban J connectivity index is 1.91. The van der Waals surface area contributed by atoms with Crippen LogP contribution in [0.15, 0.2) is 54.6 Å². The highest BCUT2D eigenvalue weighted by Crippen LogP contribution is 2.24. The van der Waals surface area contributed by atoms with Crippen molar-refractivity contribution in [2.45, 2.75) is 6.04 Å². The molecule has 0 amide bonds. The first kappa shape index (κ1) is 15.1. The number of hydrogen-bond acceptors (Lipinski definition) is 2. The smallest absolute Gasteiger partial charge is 0.0976 e. The van der Waals surface area contributed by atoms with Crippen molar-refractivity contribution in [2.24, 2.45) is 0 Å². The molecule has 3 rings (SSSR count). The van der Waals surface area contributed by atoms with Crippen molar-refractivity contribution >= 4 is 11.6 Å². The largest absolute Gasteiger partial charge is 0.379 e. The molecule has 0 aromatic heterocycles. The fourth-order valence-corrected chi connectivity index (χ4v) is 2.77. The zero-order valence-corrected chi connectivity index (χ0v) is 13.1. The number of halogens is 1. The summed E-state index contributed by atoms with van der Waals surface area (Å²) in [7, 11) is 0. The summed E-state index contributed by atoms with van der Waals surface area (Å²) in [5.74, 6) is 6.70. The van der Waals surface area contributed by atoms with Gasteiger partial charge in [-0.05, 0) is 29.8 Å². The van der Waals surface area contributed by atoms with Gasteiger partial charge >= 0.3 is 0 Å². The van der Waals surface area contributed by atoms with Gasteiger partial charge in [0.25, 0.3) is 0 Å². The highest BCUT2D eigenvalue weighted by molar-refractivity contribution is 6.30. The Hall–Kier alpha value is -1.79. The van der Waals surface area contributed by atoms with Gasteiger partial charge in [-0.3, -0.25) is 4.90 Å². The molecule has 1 unspecified atom stereocenters. The molecule has 0 N–H and O–H groups in total. The van der Waals surface area contributed by atoms with Gasteiger partial charge in [0.05, 0.1) is 19.3 Å². The summed E-state index contributed by atoms with van der Waals surface area (Å²) in [5.41, 5.74) is 2.17. The van der Waals surface area contributed by atoms with Gasteiger partial charge in [-0.15, -0.1) is 0 Å². The van der Waals surface area contributed by atoms with Crippen LogP contribution in [0.5, 0.6) is 0 Å². The lowest BCUT2D eigenvalue weighted by molar-refractivity contribution is 0.0270. The molecule has 1 saturated heterocycles. The number of nitrogens with zero attached hydrogens (tertiary/aromatic N) is 1. The predicted molar refractivity (Wildman–Crippen MR) is 89.9 cm³/mol. The predicted octanol–water partition coefficient (Wildman–Crippen LogP) is 3.77. The van der Waals surface area contributed by atoms with Gasteiger partial charge in [-0.1, -0.05) is 53.8 Å². The van der Waals surface area contributed by atoms with Gasteiger partial charge < -0.3 is 4.74 Å². The highest BCUT2D eigenvalue weighted by atomic mass is 35.5. The third kappa shape index (κ3) is 3.90. The van der Waals surface area contributed by atoms with Gasteiger partial charge in [-0.25, -0.2) is 0 Å². The molecule has 1 aliphatic rings. The van der Waals surface area contributed by atoms with E-state index in [4.69, 9.17) is 16.3 Å². The van der Waals surface area contributed by atoms with Crippen molar-refractivity contribution in [3.63, 3.8) is 0 Å². The van der Waals surface area contributed by atoms with E-state index in [-0.39, 0.29) is 6.04 Å². The Morgan fingerprint density at radius 3 is 2.50 bits per heavy atom. The summed E-state index contributed by atoms with van der Waals surface area (Å²) >= 11 is 6.15. The van der Waals surface area contributed by atoms with Crippen LogP contribution in [0.4, 0.5) is 0 Å². The topological polar surface area (TPSA) is 12.5 Å².